The maximum Gasteiger partial charge on any atom is 0.274 e. The van der Waals surface area contributed by atoms with Gasteiger partial charge in [-0.1, -0.05) is 18.2 Å². The highest BCUT2D eigenvalue weighted by atomic mass is 35.5. The van der Waals surface area contributed by atoms with Crippen molar-refractivity contribution in [3.05, 3.63) is 58.8 Å². The number of H-pyrrole nitrogens is 1. The number of nitrogens with zero attached hydrogens (tertiary/aromatic N) is 1. The number of hydrogen-bond acceptors (Lipinski definition) is 5. The first-order valence-electron chi connectivity index (χ1n) is 11.2. The first-order valence-corrected chi connectivity index (χ1v) is 11.8. The van der Waals surface area contributed by atoms with Crippen LogP contribution in [0.4, 0.5) is 5.69 Å². The molecule has 1 amide bonds. The van der Waals surface area contributed by atoms with Crippen molar-refractivity contribution in [1.29, 1.82) is 0 Å². The van der Waals surface area contributed by atoms with Gasteiger partial charge in [-0.2, -0.15) is 0 Å². The Kier molecular flexibility index (Phi) is 5.60. The minimum Gasteiger partial charge on any atom is -0.507 e. The number of aromatic hydroxyl groups is 1. The second-order valence-corrected chi connectivity index (χ2v) is 9.10. The number of fused-ring (bicyclic) bond motifs is 4. The normalized spacial score (nSPS) is 15.0. The number of hydrogen-bond donors (Lipinski definition) is 2. The van der Waals surface area contributed by atoms with E-state index in [1.54, 1.807) is 23.1 Å². The molecule has 0 spiro atoms. The number of anilines is 1. The number of halogens is 1. The summed E-state index contributed by atoms with van der Waals surface area (Å²) < 4.78 is 11.0. The number of carbonyl (C=O) groups excluding carboxylic acids is 2. The lowest BCUT2D eigenvalue weighted by Crippen LogP contribution is -2.30. The Morgan fingerprint density at radius 3 is 2.57 bits per heavy atom. The Balaban J connectivity index is 1.67. The number of ether oxygens (including phenoxy) is 2. The van der Waals surface area contributed by atoms with Crippen LogP contribution in [0.2, 0.25) is 0 Å². The maximum absolute atomic E-state index is 13.8. The number of methoxy groups -OCH3 is 2. The van der Waals surface area contributed by atoms with Gasteiger partial charge >= 0.3 is 0 Å². The largest absolute Gasteiger partial charge is 0.507 e. The van der Waals surface area contributed by atoms with E-state index < -0.39 is 0 Å². The van der Waals surface area contributed by atoms with Crippen LogP contribution in [0, 0.1) is 6.92 Å². The molecule has 1 aromatic heterocycles. The number of ketones is 1. The van der Waals surface area contributed by atoms with E-state index in [0.29, 0.717) is 51.8 Å². The van der Waals surface area contributed by atoms with Crippen molar-refractivity contribution in [3.63, 3.8) is 0 Å². The number of Topliss-reactive ketones (excluding diaryl/α,β-unsaturated/α-hetero) is 1. The van der Waals surface area contributed by atoms with Crippen LogP contribution in [0.25, 0.3) is 21.7 Å². The predicted octanol–water partition coefficient (Wildman–Crippen LogP) is 5.54. The molecule has 5 rings (SSSR count). The molecule has 3 aromatic carbocycles. The summed E-state index contributed by atoms with van der Waals surface area (Å²) in [5.74, 6) is 0.598. The van der Waals surface area contributed by atoms with Crippen molar-refractivity contribution < 1.29 is 24.2 Å². The molecular weight excluding hydrogens is 468 g/mol. The molecule has 180 valence electrons. The highest BCUT2D eigenvalue weighted by molar-refractivity contribution is 6.19. The fourth-order valence-corrected chi connectivity index (χ4v) is 5.42. The van der Waals surface area contributed by atoms with Gasteiger partial charge in [0.25, 0.3) is 5.91 Å². The zero-order chi connectivity index (χ0) is 25.0. The van der Waals surface area contributed by atoms with Crippen LogP contribution in [-0.4, -0.2) is 48.4 Å². The van der Waals surface area contributed by atoms with E-state index in [-0.39, 0.29) is 23.4 Å². The second kappa shape index (κ2) is 8.50. The molecule has 0 aliphatic carbocycles. The van der Waals surface area contributed by atoms with Gasteiger partial charge in [-0.05, 0) is 42.5 Å². The number of aromatic nitrogens is 1. The predicted molar refractivity (Wildman–Crippen MR) is 137 cm³/mol. The van der Waals surface area contributed by atoms with E-state index in [2.05, 4.69) is 4.98 Å². The van der Waals surface area contributed by atoms with E-state index >= 15 is 0 Å². The number of aryl methyl sites for hydroxylation is 1. The molecule has 1 atom stereocenters. The summed E-state index contributed by atoms with van der Waals surface area (Å²) in [5, 5.41) is 13.1. The first-order chi connectivity index (χ1) is 16.8. The van der Waals surface area contributed by atoms with Gasteiger partial charge in [0, 0.05) is 35.2 Å². The molecule has 1 aliphatic rings. The van der Waals surface area contributed by atoms with E-state index in [1.807, 2.05) is 25.1 Å². The summed E-state index contributed by atoms with van der Waals surface area (Å²) in [6.45, 7) is 3.83. The van der Waals surface area contributed by atoms with E-state index in [0.717, 1.165) is 21.9 Å². The van der Waals surface area contributed by atoms with Crippen LogP contribution in [0.1, 0.15) is 44.8 Å². The van der Waals surface area contributed by atoms with Crippen molar-refractivity contribution in [2.75, 3.05) is 31.5 Å². The number of alkyl halides is 1. The number of aromatic amines is 1. The molecule has 1 aliphatic heterocycles. The van der Waals surface area contributed by atoms with Crippen molar-refractivity contribution >= 4 is 50.7 Å². The van der Waals surface area contributed by atoms with Gasteiger partial charge in [-0.3, -0.25) is 9.59 Å². The SMILES string of the molecule is COc1c(C(C)=O)cc2cc(C(=O)N3C[C@@H](CCl)c4c3cc(O)c3cccc(C)c43)[nH]c2c1OC. The van der Waals surface area contributed by atoms with Gasteiger partial charge in [0.15, 0.2) is 17.3 Å². The lowest BCUT2D eigenvalue weighted by Gasteiger charge is -2.18. The third-order valence-electron chi connectivity index (χ3n) is 6.74. The fourth-order valence-electron chi connectivity index (χ4n) is 5.17. The van der Waals surface area contributed by atoms with Gasteiger partial charge in [0.2, 0.25) is 0 Å². The highest BCUT2D eigenvalue weighted by Crippen LogP contribution is 2.47. The number of carbonyl (C=O) groups is 2. The molecule has 0 saturated heterocycles. The average molecular weight is 493 g/mol. The Labute approximate surface area is 207 Å². The van der Waals surface area contributed by atoms with E-state index in [4.69, 9.17) is 21.1 Å². The highest BCUT2D eigenvalue weighted by Gasteiger charge is 2.36. The summed E-state index contributed by atoms with van der Waals surface area (Å²) in [7, 11) is 2.96. The molecule has 0 fully saturated rings. The Morgan fingerprint density at radius 2 is 1.91 bits per heavy atom. The van der Waals surface area contributed by atoms with Gasteiger partial charge in [-0.25, -0.2) is 0 Å². The lowest BCUT2D eigenvalue weighted by molar-refractivity contribution is 0.0982. The van der Waals surface area contributed by atoms with Gasteiger partial charge in [0.1, 0.15) is 11.4 Å². The standard InChI is InChI=1S/C27H25ClN2O5/c1-13-6-5-7-17-21(32)10-20-23(22(13)17)16(11-28)12-30(20)27(33)19-9-15-8-18(14(2)31)25(34-3)26(35-4)24(15)29-19/h5-10,16,29,32H,11-12H2,1-4H3/t16-/m1/s1. The minimum atomic E-state index is -0.271. The summed E-state index contributed by atoms with van der Waals surface area (Å²) in [6.07, 6.45) is 0. The summed E-state index contributed by atoms with van der Waals surface area (Å²) in [6, 6.07) is 10.8. The van der Waals surface area contributed by atoms with E-state index in [1.165, 1.54) is 21.1 Å². The van der Waals surface area contributed by atoms with Crippen molar-refractivity contribution in [2.45, 2.75) is 19.8 Å². The zero-order valence-corrected chi connectivity index (χ0v) is 20.6. The van der Waals surface area contributed by atoms with Crippen LogP contribution < -0.4 is 14.4 Å². The Bertz CT molecular complexity index is 1520. The summed E-state index contributed by atoms with van der Waals surface area (Å²) in [4.78, 5) is 30.8. The van der Waals surface area contributed by atoms with Gasteiger partial charge in [0.05, 0.1) is 31.0 Å². The van der Waals surface area contributed by atoms with Crippen LogP contribution >= 0.6 is 11.6 Å². The number of benzene rings is 3. The molecule has 35 heavy (non-hydrogen) atoms. The quantitative estimate of drug-likeness (QED) is 0.282. The van der Waals surface area contributed by atoms with Crippen LogP contribution in [0.3, 0.4) is 0 Å². The fraction of sp³-hybridized carbons (Fsp3) is 0.259. The summed E-state index contributed by atoms with van der Waals surface area (Å²) >= 11 is 6.36. The number of nitrogens with one attached hydrogen (secondary N) is 1. The minimum absolute atomic E-state index is 0.0804. The number of rotatable bonds is 5. The molecule has 7 nitrogen and oxygen atoms in total. The van der Waals surface area contributed by atoms with Crippen LogP contribution in [-0.2, 0) is 0 Å². The van der Waals surface area contributed by atoms with Crippen LogP contribution in [0.15, 0.2) is 36.4 Å². The molecule has 8 heteroatoms. The molecule has 2 N–H and O–H groups in total. The van der Waals surface area contributed by atoms with Gasteiger partial charge < -0.3 is 24.5 Å². The van der Waals surface area contributed by atoms with E-state index in [9.17, 15) is 14.7 Å². The van der Waals surface area contributed by atoms with Crippen molar-refractivity contribution in [3.8, 4) is 17.2 Å². The van der Waals surface area contributed by atoms with Gasteiger partial charge in [-0.15, -0.1) is 11.6 Å². The molecular formula is C27H25ClN2O5. The molecule has 2 heterocycles. The second-order valence-electron chi connectivity index (χ2n) is 8.79. The third kappa shape index (κ3) is 3.41. The number of amides is 1. The Morgan fingerprint density at radius 1 is 1.17 bits per heavy atom. The topological polar surface area (TPSA) is 91.9 Å². The summed E-state index contributed by atoms with van der Waals surface area (Å²) in [5.41, 5.74) is 3.88. The molecule has 0 bridgehead atoms. The zero-order valence-electron chi connectivity index (χ0n) is 19.9. The number of phenolic OH excluding ortho intramolecular Hbond substituents is 1. The third-order valence-corrected chi connectivity index (χ3v) is 7.12. The number of phenols is 1. The van der Waals surface area contributed by atoms with Crippen molar-refractivity contribution in [1.82, 2.24) is 4.98 Å². The molecule has 0 unspecified atom stereocenters. The Hall–Kier alpha value is -3.71. The van der Waals surface area contributed by atoms with Crippen molar-refractivity contribution in [2.24, 2.45) is 0 Å². The molecule has 0 saturated carbocycles. The van der Waals surface area contributed by atoms with Crippen LogP contribution in [0.5, 0.6) is 17.2 Å². The molecule has 4 aromatic rings. The average Bonchev–Trinajstić information content (AvgIpc) is 3.44. The monoisotopic (exact) mass is 492 g/mol. The first kappa shape index (κ1) is 23.1. The lowest BCUT2D eigenvalue weighted by atomic mass is 9.92. The smallest absolute Gasteiger partial charge is 0.274 e. The molecule has 0 radical (unpaired) electrons. The maximum atomic E-state index is 13.8.